The van der Waals surface area contributed by atoms with Gasteiger partial charge in [0, 0.05) is 27.7 Å². The summed E-state index contributed by atoms with van der Waals surface area (Å²) in [6, 6.07) is 80.4. The predicted octanol–water partition coefficient (Wildman–Crippen LogP) is 14.3. The van der Waals surface area contributed by atoms with E-state index in [9.17, 15) is 0 Å². The highest BCUT2D eigenvalue weighted by atomic mass is 15.1. The van der Waals surface area contributed by atoms with Crippen molar-refractivity contribution in [3.8, 4) is 39.1 Å². The molecule has 57 heavy (non-hydrogen) atoms. The zero-order chi connectivity index (χ0) is 37.5. The zero-order valence-electron chi connectivity index (χ0n) is 31.2. The topological polar surface area (TPSA) is 8.17 Å². The van der Waals surface area contributed by atoms with Gasteiger partial charge in [0.2, 0.25) is 0 Å². The maximum Gasteiger partial charge on any atom is 0.0754 e. The number of hydrogen-bond acceptors (Lipinski definition) is 1. The molecule has 2 heterocycles. The van der Waals surface area contributed by atoms with Gasteiger partial charge in [0.25, 0.3) is 0 Å². The Morgan fingerprint density at radius 2 is 0.912 bits per heavy atom. The van der Waals surface area contributed by atoms with Gasteiger partial charge in [0.15, 0.2) is 0 Å². The lowest BCUT2D eigenvalue weighted by molar-refractivity contribution is 0.748. The van der Waals surface area contributed by atoms with Crippen LogP contribution in [0.5, 0.6) is 0 Å². The molecular formula is C55H36N2. The van der Waals surface area contributed by atoms with Crippen LogP contribution in [0.2, 0.25) is 0 Å². The van der Waals surface area contributed by atoms with E-state index in [2.05, 4.69) is 228 Å². The van der Waals surface area contributed by atoms with Crippen LogP contribution in [0, 0.1) is 0 Å². The Hall–Kier alpha value is -7.42. The molecule has 0 atom stereocenters. The summed E-state index contributed by atoms with van der Waals surface area (Å²) in [6.45, 7) is 0. The molecule has 0 unspecified atom stereocenters. The van der Waals surface area contributed by atoms with E-state index in [4.69, 9.17) is 0 Å². The molecule has 0 saturated heterocycles. The van der Waals surface area contributed by atoms with Crippen LogP contribution in [-0.2, 0) is 5.41 Å². The molecule has 2 heteroatoms. The molecule has 0 amide bonds. The Labute approximate surface area is 332 Å². The van der Waals surface area contributed by atoms with Gasteiger partial charge in [-0.25, -0.2) is 0 Å². The molecule has 10 aromatic rings. The molecule has 0 saturated carbocycles. The summed E-state index contributed by atoms with van der Waals surface area (Å²) in [4.78, 5) is 2.43. The average molecular weight is 725 g/mol. The molecule has 1 aromatic heterocycles. The summed E-state index contributed by atoms with van der Waals surface area (Å²) < 4.78 is 2.53. The van der Waals surface area contributed by atoms with Crippen molar-refractivity contribution in [3.63, 3.8) is 0 Å². The van der Waals surface area contributed by atoms with Gasteiger partial charge in [-0.2, -0.15) is 0 Å². The second-order valence-electron chi connectivity index (χ2n) is 15.2. The van der Waals surface area contributed by atoms with Crippen molar-refractivity contribution in [1.29, 1.82) is 0 Å². The smallest absolute Gasteiger partial charge is 0.0754 e. The van der Waals surface area contributed by atoms with Crippen LogP contribution in [0.3, 0.4) is 0 Å². The van der Waals surface area contributed by atoms with E-state index >= 15 is 0 Å². The minimum atomic E-state index is -0.433. The number of benzene rings is 9. The summed E-state index contributed by atoms with van der Waals surface area (Å²) in [5, 5.41) is 2.50. The molecule has 2 aliphatic rings. The summed E-state index contributed by atoms with van der Waals surface area (Å²) in [5.74, 6) is 0. The number of fused-ring (bicyclic) bond motifs is 12. The second kappa shape index (κ2) is 12.3. The van der Waals surface area contributed by atoms with E-state index in [1.165, 1.54) is 83.1 Å². The number of para-hydroxylation sites is 4. The summed E-state index contributed by atoms with van der Waals surface area (Å²) in [7, 11) is 0. The maximum atomic E-state index is 2.53. The standard InChI is InChI=1S/C55H36N2/c1-3-18-37(19-4-1)40-22-7-8-23-41(40)44-26-11-15-32-51(44)56(38-20-5-2-6-21-38)39-34-35-52-46(36-39)45-27-17-31-50-54(45)57(52)53-33-16-14-30-49(53)55(50)47-28-12-9-24-42(47)43-25-10-13-29-48(43)55/h1-36H. The molecule has 9 aromatic carbocycles. The first-order valence-electron chi connectivity index (χ1n) is 19.8. The van der Waals surface area contributed by atoms with Gasteiger partial charge in [0.1, 0.15) is 0 Å². The van der Waals surface area contributed by atoms with Gasteiger partial charge in [-0.1, -0.05) is 176 Å². The normalized spacial score (nSPS) is 13.1. The third kappa shape index (κ3) is 4.41. The average Bonchev–Trinajstić information content (AvgIpc) is 3.78. The Morgan fingerprint density at radius 1 is 0.351 bits per heavy atom. The molecule has 0 radical (unpaired) electrons. The predicted molar refractivity (Wildman–Crippen MR) is 237 cm³/mol. The monoisotopic (exact) mass is 724 g/mol. The van der Waals surface area contributed by atoms with Crippen LogP contribution in [0.25, 0.3) is 60.9 Å². The van der Waals surface area contributed by atoms with Crippen LogP contribution in [0.4, 0.5) is 17.1 Å². The number of aromatic nitrogens is 1. The van der Waals surface area contributed by atoms with Gasteiger partial charge in [0.05, 0.1) is 27.8 Å². The Kier molecular flexibility index (Phi) is 6.88. The largest absolute Gasteiger partial charge is 0.310 e. The van der Waals surface area contributed by atoms with Crippen molar-refractivity contribution in [2.45, 2.75) is 5.41 Å². The first-order valence-corrected chi connectivity index (χ1v) is 19.8. The highest BCUT2D eigenvalue weighted by Crippen LogP contribution is 2.61. The highest BCUT2D eigenvalue weighted by molar-refractivity contribution is 6.14. The van der Waals surface area contributed by atoms with Crippen LogP contribution in [0.15, 0.2) is 218 Å². The molecule has 1 aliphatic heterocycles. The third-order valence-corrected chi connectivity index (χ3v) is 12.4. The number of rotatable bonds is 5. The van der Waals surface area contributed by atoms with E-state index in [1.54, 1.807) is 0 Å². The molecule has 1 spiro atoms. The summed E-state index contributed by atoms with van der Waals surface area (Å²) >= 11 is 0. The van der Waals surface area contributed by atoms with Crippen LogP contribution >= 0.6 is 0 Å². The Morgan fingerprint density at radius 3 is 1.65 bits per heavy atom. The summed E-state index contributed by atoms with van der Waals surface area (Å²) in [5.41, 5.74) is 19.4. The Balaban J connectivity index is 1.13. The van der Waals surface area contributed by atoms with E-state index in [0.29, 0.717) is 0 Å². The van der Waals surface area contributed by atoms with E-state index in [0.717, 1.165) is 17.1 Å². The quantitative estimate of drug-likeness (QED) is 0.172. The first-order chi connectivity index (χ1) is 28.3. The summed E-state index contributed by atoms with van der Waals surface area (Å²) in [6.07, 6.45) is 0. The molecule has 12 rings (SSSR count). The Bertz CT molecular complexity index is 3150. The zero-order valence-corrected chi connectivity index (χ0v) is 31.2. The van der Waals surface area contributed by atoms with Gasteiger partial charge in [-0.15, -0.1) is 0 Å². The van der Waals surface area contributed by atoms with Crippen molar-refractivity contribution in [2.24, 2.45) is 0 Å². The van der Waals surface area contributed by atoms with Crippen molar-refractivity contribution in [3.05, 3.63) is 241 Å². The lowest BCUT2D eigenvalue weighted by atomic mass is 9.65. The van der Waals surface area contributed by atoms with E-state index < -0.39 is 5.41 Å². The van der Waals surface area contributed by atoms with E-state index in [1.807, 2.05) is 0 Å². The second-order valence-corrected chi connectivity index (χ2v) is 15.2. The maximum absolute atomic E-state index is 2.53. The van der Waals surface area contributed by atoms with Gasteiger partial charge >= 0.3 is 0 Å². The fourth-order valence-electron chi connectivity index (χ4n) is 10.2. The molecular weight excluding hydrogens is 689 g/mol. The lowest BCUT2D eigenvalue weighted by Crippen LogP contribution is -2.33. The van der Waals surface area contributed by atoms with Crippen LogP contribution < -0.4 is 4.90 Å². The SMILES string of the molecule is c1ccc(-c2ccccc2-c2ccccc2N(c2ccccc2)c2ccc3c(c2)c2cccc4c2n3-c2ccccc2C42c3ccccc3-c3ccccc32)cc1. The molecule has 1 aliphatic carbocycles. The number of hydrogen-bond donors (Lipinski definition) is 0. The van der Waals surface area contributed by atoms with Crippen LogP contribution in [0.1, 0.15) is 22.3 Å². The minimum absolute atomic E-state index is 0.433. The molecule has 0 fully saturated rings. The molecule has 0 bridgehead atoms. The molecule has 0 N–H and O–H groups in total. The molecule has 2 nitrogen and oxygen atoms in total. The first kappa shape index (κ1) is 31.9. The lowest BCUT2D eigenvalue weighted by Gasteiger charge is -2.39. The number of anilines is 3. The van der Waals surface area contributed by atoms with Crippen molar-refractivity contribution >= 4 is 38.9 Å². The fraction of sp³-hybridized carbons (Fsp3) is 0.0182. The van der Waals surface area contributed by atoms with Crippen LogP contribution in [-0.4, -0.2) is 4.57 Å². The van der Waals surface area contributed by atoms with Gasteiger partial charge in [-0.05, 0) is 92.5 Å². The van der Waals surface area contributed by atoms with Gasteiger partial charge in [-0.3, -0.25) is 0 Å². The highest BCUT2D eigenvalue weighted by Gasteiger charge is 2.50. The number of nitrogens with zero attached hydrogens (tertiary/aromatic N) is 2. The van der Waals surface area contributed by atoms with Crippen molar-refractivity contribution in [1.82, 2.24) is 4.57 Å². The van der Waals surface area contributed by atoms with Crippen molar-refractivity contribution < 1.29 is 0 Å². The minimum Gasteiger partial charge on any atom is -0.310 e. The van der Waals surface area contributed by atoms with Gasteiger partial charge < -0.3 is 9.47 Å². The van der Waals surface area contributed by atoms with E-state index in [-0.39, 0.29) is 0 Å². The third-order valence-electron chi connectivity index (χ3n) is 12.4. The van der Waals surface area contributed by atoms with Crippen molar-refractivity contribution in [2.75, 3.05) is 4.90 Å². The molecule has 266 valence electrons. The fourth-order valence-corrected chi connectivity index (χ4v) is 10.2.